The van der Waals surface area contributed by atoms with Gasteiger partial charge in [-0.05, 0) is 76.6 Å². The Bertz CT molecular complexity index is 1030. The monoisotopic (exact) mass is 464 g/mol. The number of rotatable bonds is 8. The molecule has 1 N–H and O–H groups in total. The molecule has 2 amide bonds. The van der Waals surface area contributed by atoms with Crippen LogP contribution in [-0.4, -0.2) is 45.1 Å². The molecule has 32 heavy (non-hydrogen) atoms. The molecule has 0 aliphatic rings. The Morgan fingerprint density at radius 2 is 1.62 bits per heavy atom. The average molecular weight is 465 g/mol. The molecule has 0 heterocycles. The van der Waals surface area contributed by atoms with Gasteiger partial charge in [0, 0.05) is 18.1 Å². The molecular weight excluding hydrogens is 432 g/mol. The van der Waals surface area contributed by atoms with Crippen molar-refractivity contribution < 1.29 is 26.9 Å². The summed E-state index contributed by atoms with van der Waals surface area (Å²) in [6.07, 6.45) is 0. The van der Waals surface area contributed by atoms with Crippen LogP contribution in [0.1, 0.15) is 40.2 Å². The molecule has 2 rings (SSSR count). The summed E-state index contributed by atoms with van der Waals surface area (Å²) in [5, 5.41) is 2.95. The van der Waals surface area contributed by atoms with E-state index < -0.39 is 10.1 Å². The number of hydrogen-bond donors (Lipinski definition) is 1. The summed E-state index contributed by atoms with van der Waals surface area (Å²) in [4.78, 5) is 14.4. The van der Waals surface area contributed by atoms with Gasteiger partial charge in [0.05, 0.1) is 14.2 Å². The van der Waals surface area contributed by atoms with Gasteiger partial charge in [-0.15, -0.1) is 0 Å². The number of carbonyl (C=O) groups excluding carboxylic acids is 1. The highest BCUT2D eigenvalue weighted by Crippen LogP contribution is 2.32. The zero-order valence-corrected chi connectivity index (χ0v) is 20.4. The number of ether oxygens (including phenoxy) is 2. The van der Waals surface area contributed by atoms with Crippen molar-refractivity contribution in [1.82, 2.24) is 10.2 Å². The zero-order chi connectivity index (χ0) is 24.1. The third-order valence-corrected chi connectivity index (χ3v) is 5.74. The lowest BCUT2D eigenvalue weighted by Crippen LogP contribution is -2.50. The lowest BCUT2D eigenvalue weighted by molar-refractivity contribution is 0.171. The third-order valence-electron chi connectivity index (χ3n) is 4.49. The number of amides is 2. The Kier molecular flexibility index (Phi) is 8.01. The summed E-state index contributed by atoms with van der Waals surface area (Å²) in [5.41, 5.74) is 0.314. The van der Waals surface area contributed by atoms with E-state index in [1.807, 2.05) is 34.6 Å². The smallest absolute Gasteiger partial charge is 0.339 e. The molecule has 2 aromatic carbocycles. The van der Waals surface area contributed by atoms with Crippen LogP contribution >= 0.6 is 0 Å². The second kappa shape index (κ2) is 10.1. The average Bonchev–Trinajstić information content (AvgIpc) is 2.70. The zero-order valence-electron chi connectivity index (χ0n) is 19.6. The van der Waals surface area contributed by atoms with Gasteiger partial charge in [0.25, 0.3) is 0 Å². The predicted octanol–water partition coefficient (Wildman–Crippen LogP) is 4.19. The maximum Gasteiger partial charge on any atom is 0.339 e. The summed E-state index contributed by atoms with van der Waals surface area (Å²) < 4.78 is 41.3. The van der Waals surface area contributed by atoms with E-state index in [9.17, 15) is 13.2 Å². The molecule has 2 aromatic rings. The molecule has 0 saturated carbocycles. The molecule has 9 heteroatoms. The van der Waals surface area contributed by atoms with E-state index in [1.54, 1.807) is 23.1 Å². The second-order valence-electron chi connectivity index (χ2n) is 8.60. The van der Waals surface area contributed by atoms with E-state index in [0.717, 1.165) is 0 Å². The molecule has 0 atom stereocenters. The molecular formula is C23H32N2O6S. The molecule has 0 saturated heterocycles. The Labute approximate surface area is 190 Å². The van der Waals surface area contributed by atoms with Gasteiger partial charge < -0.3 is 23.9 Å². The van der Waals surface area contributed by atoms with Crippen LogP contribution in [-0.2, 0) is 16.7 Å². The number of hydrogen-bond acceptors (Lipinski definition) is 6. The van der Waals surface area contributed by atoms with E-state index in [-0.39, 0.29) is 40.6 Å². The number of urea groups is 1. The van der Waals surface area contributed by atoms with Gasteiger partial charge in [-0.3, -0.25) is 0 Å². The SMILES string of the molecule is COc1ccc(S(=O)(=O)Oc2cc(CN(C(=O)NC(C)(C)C)C(C)C)ccc2OC)cc1. The number of benzene rings is 2. The van der Waals surface area contributed by atoms with Gasteiger partial charge in [0.15, 0.2) is 11.5 Å². The molecule has 0 aliphatic heterocycles. The van der Waals surface area contributed by atoms with Crippen molar-refractivity contribution in [2.24, 2.45) is 0 Å². The van der Waals surface area contributed by atoms with Crippen molar-refractivity contribution in [2.75, 3.05) is 14.2 Å². The lowest BCUT2D eigenvalue weighted by atomic mass is 10.1. The largest absolute Gasteiger partial charge is 0.497 e. The van der Waals surface area contributed by atoms with Crippen LogP contribution in [0.4, 0.5) is 4.79 Å². The molecule has 0 radical (unpaired) electrons. The van der Waals surface area contributed by atoms with E-state index in [1.165, 1.54) is 38.5 Å². The van der Waals surface area contributed by atoms with Crippen molar-refractivity contribution in [2.45, 2.75) is 57.6 Å². The first-order valence-electron chi connectivity index (χ1n) is 10.2. The lowest BCUT2D eigenvalue weighted by Gasteiger charge is -2.31. The summed E-state index contributed by atoms with van der Waals surface area (Å²) in [6, 6.07) is 10.6. The van der Waals surface area contributed by atoms with Crippen LogP contribution in [0, 0.1) is 0 Å². The Morgan fingerprint density at radius 3 is 2.12 bits per heavy atom. The molecule has 0 aliphatic carbocycles. The molecule has 176 valence electrons. The summed E-state index contributed by atoms with van der Waals surface area (Å²) in [7, 11) is -1.17. The first-order valence-corrected chi connectivity index (χ1v) is 11.6. The fraction of sp³-hybridized carbons (Fsp3) is 0.435. The second-order valence-corrected chi connectivity index (χ2v) is 10.1. The highest BCUT2D eigenvalue weighted by atomic mass is 32.2. The fourth-order valence-corrected chi connectivity index (χ4v) is 3.80. The van der Waals surface area contributed by atoms with Crippen LogP contribution in [0.25, 0.3) is 0 Å². The molecule has 0 fully saturated rings. The van der Waals surface area contributed by atoms with E-state index in [4.69, 9.17) is 13.7 Å². The summed E-state index contributed by atoms with van der Waals surface area (Å²) >= 11 is 0. The van der Waals surface area contributed by atoms with Crippen LogP contribution in [0.3, 0.4) is 0 Å². The van der Waals surface area contributed by atoms with Gasteiger partial charge in [0.1, 0.15) is 10.6 Å². The number of carbonyl (C=O) groups is 1. The first-order chi connectivity index (χ1) is 14.9. The van der Waals surface area contributed by atoms with Gasteiger partial charge in [-0.25, -0.2) is 4.79 Å². The summed E-state index contributed by atoms with van der Waals surface area (Å²) in [5.74, 6) is 0.840. The van der Waals surface area contributed by atoms with Crippen molar-refractivity contribution in [3.05, 3.63) is 48.0 Å². The fourth-order valence-electron chi connectivity index (χ4n) is 2.87. The minimum absolute atomic E-state index is 0.0147. The van der Waals surface area contributed by atoms with E-state index in [2.05, 4.69) is 5.32 Å². The van der Waals surface area contributed by atoms with Crippen molar-refractivity contribution in [3.8, 4) is 17.2 Å². The number of nitrogens with zero attached hydrogens (tertiary/aromatic N) is 1. The maximum atomic E-state index is 12.8. The van der Waals surface area contributed by atoms with Crippen molar-refractivity contribution in [3.63, 3.8) is 0 Å². The minimum Gasteiger partial charge on any atom is -0.497 e. The van der Waals surface area contributed by atoms with Gasteiger partial charge in [-0.2, -0.15) is 8.42 Å². The Morgan fingerprint density at radius 1 is 1.00 bits per heavy atom. The van der Waals surface area contributed by atoms with Crippen LogP contribution < -0.4 is 19.0 Å². The van der Waals surface area contributed by atoms with Gasteiger partial charge >= 0.3 is 16.1 Å². The minimum atomic E-state index is -4.10. The van der Waals surface area contributed by atoms with Gasteiger partial charge in [-0.1, -0.05) is 6.07 Å². The van der Waals surface area contributed by atoms with Crippen LogP contribution in [0.2, 0.25) is 0 Å². The van der Waals surface area contributed by atoms with E-state index in [0.29, 0.717) is 11.3 Å². The Balaban J connectivity index is 2.32. The topological polar surface area (TPSA) is 94.2 Å². The van der Waals surface area contributed by atoms with Crippen LogP contribution in [0.5, 0.6) is 17.2 Å². The Hall–Kier alpha value is -2.94. The predicted molar refractivity (Wildman–Crippen MR) is 123 cm³/mol. The highest BCUT2D eigenvalue weighted by Gasteiger charge is 2.24. The molecule has 0 aromatic heterocycles. The van der Waals surface area contributed by atoms with E-state index >= 15 is 0 Å². The quantitative estimate of drug-likeness (QED) is 0.589. The normalized spacial score (nSPS) is 11.8. The molecule has 0 unspecified atom stereocenters. The van der Waals surface area contributed by atoms with Crippen LogP contribution in [0.15, 0.2) is 47.4 Å². The first kappa shape index (κ1) is 25.3. The maximum absolute atomic E-state index is 12.8. The van der Waals surface area contributed by atoms with Crippen molar-refractivity contribution in [1.29, 1.82) is 0 Å². The molecule has 0 spiro atoms. The third kappa shape index (κ3) is 6.78. The number of nitrogens with one attached hydrogen (secondary N) is 1. The highest BCUT2D eigenvalue weighted by molar-refractivity contribution is 7.87. The van der Waals surface area contributed by atoms with Gasteiger partial charge in [0.2, 0.25) is 0 Å². The molecule has 8 nitrogen and oxygen atoms in total. The summed E-state index contributed by atoms with van der Waals surface area (Å²) in [6.45, 7) is 9.82. The standard InChI is InChI=1S/C23H32N2O6S/c1-16(2)25(22(26)24-23(3,4)5)15-17-8-13-20(30-7)21(14-17)31-32(27,28)19-11-9-18(29-6)10-12-19/h8-14,16H,15H2,1-7H3,(H,24,26). The molecule has 0 bridgehead atoms. The van der Waals surface area contributed by atoms with Crippen molar-refractivity contribution >= 4 is 16.1 Å². The number of methoxy groups -OCH3 is 2.